The summed E-state index contributed by atoms with van der Waals surface area (Å²) in [6.07, 6.45) is 0. The highest BCUT2D eigenvalue weighted by atomic mass is 32.2. The fourth-order valence-electron chi connectivity index (χ4n) is 2.63. The van der Waals surface area contributed by atoms with Gasteiger partial charge >= 0.3 is 0 Å². The Bertz CT molecular complexity index is 847. The molecule has 0 atom stereocenters. The summed E-state index contributed by atoms with van der Waals surface area (Å²) in [5, 5.41) is 9.63. The molecule has 3 rings (SSSR count). The smallest absolute Gasteiger partial charge is 0.191 e. The molecule has 3 aromatic rings. The lowest BCUT2D eigenvalue weighted by molar-refractivity contribution is 0.343. The highest BCUT2D eigenvalue weighted by Crippen LogP contribution is 2.25. The Hall–Kier alpha value is -2.47. The summed E-state index contributed by atoms with van der Waals surface area (Å²) in [6, 6.07) is 16.0. The van der Waals surface area contributed by atoms with Crippen LogP contribution in [0.15, 0.2) is 53.7 Å². The molecule has 2 aromatic carbocycles. The van der Waals surface area contributed by atoms with Gasteiger partial charge in [0.05, 0.1) is 13.7 Å². The van der Waals surface area contributed by atoms with Crippen molar-refractivity contribution in [1.29, 1.82) is 0 Å². The summed E-state index contributed by atoms with van der Waals surface area (Å²) in [6.45, 7) is 5.60. The number of methoxy groups -OCH3 is 1. The SMILES string of the molecule is CCn1c(SCCOc2cccc(C)c2)nnc1-c1ccc(OC)cc1. The van der Waals surface area contributed by atoms with Gasteiger partial charge in [-0.15, -0.1) is 10.2 Å². The standard InChI is InChI=1S/C20H23N3O2S/c1-4-23-19(16-8-10-17(24-3)11-9-16)21-22-20(23)26-13-12-25-18-7-5-6-15(2)14-18/h5-11,14H,4,12-13H2,1-3H3. The molecule has 0 fully saturated rings. The number of aryl methyl sites for hydroxylation is 1. The summed E-state index contributed by atoms with van der Waals surface area (Å²) < 4.78 is 13.1. The number of hydrogen-bond acceptors (Lipinski definition) is 5. The first-order valence-electron chi connectivity index (χ1n) is 8.61. The lowest BCUT2D eigenvalue weighted by atomic mass is 10.2. The highest BCUT2D eigenvalue weighted by Gasteiger charge is 2.13. The van der Waals surface area contributed by atoms with E-state index in [1.165, 1.54) is 5.56 Å². The van der Waals surface area contributed by atoms with Gasteiger partial charge < -0.3 is 14.0 Å². The third-order valence-electron chi connectivity index (χ3n) is 3.95. The van der Waals surface area contributed by atoms with Crippen molar-refractivity contribution in [1.82, 2.24) is 14.8 Å². The summed E-state index contributed by atoms with van der Waals surface area (Å²) in [7, 11) is 1.66. The molecule has 136 valence electrons. The molecule has 0 aliphatic carbocycles. The molecule has 0 saturated carbocycles. The van der Waals surface area contributed by atoms with E-state index >= 15 is 0 Å². The lowest BCUT2D eigenvalue weighted by Gasteiger charge is -2.09. The molecule has 0 unspecified atom stereocenters. The Morgan fingerprint density at radius 3 is 2.54 bits per heavy atom. The van der Waals surface area contributed by atoms with Crippen LogP contribution in [0.2, 0.25) is 0 Å². The average molecular weight is 369 g/mol. The van der Waals surface area contributed by atoms with Crippen molar-refractivity contribution in [2.45, 2.75) is 25.5 Å². The molecule has 0 N–H and O–H groups in total. The first-order valence-corrected chi connectivity index (χ1v) is 9.59. The van der Waals surface area contributed by atoms with Crippen molar-refractivity contribution in [3.63, 3.8) is 0 Å². The van der Waals surface area contributed by atoms with E-state index in [1.807, 2.05) is 42.5 Å². The van der Waals surface area contributed by atoms with Crippen LogP contribution in [-0.2, 0) is 6.54 Å². The van der Waals surface area contributed by atoms with E-state index in [2.05, 4.69) is 34.7 Å². The molecular weight excluding hydrogens is 346 g/mol. The Labute approximate surface area is 158 Å². The zero-order valence-electron chi connectivity index (χ0n) is 15.3. The minimum atomic E-state index is 0.628. The Morgan fingerprint density at radius 2 is 1.85 bits per heavy atom. The van der Waals surface area contributed by atoms with Crippen LogP contribution in [0.5, 0.6) is 11.5 Å². The second-order valence-electron chi connectivity index (χ2n) is 5.79. The van der Waals surface area contributed by atoms with Gasteiger partial charge in [0.2, 0.25) is 0 Å². The second kappa shape index (κ2) is 8.76. The van der Waals surface area contributed by atoms with Crippen LogP contribution in [0.1, 0.15) is 12.5 Å². The van der Waals surface area contributed by atoms with Gasteiger partial charge in [0.1, 0.15) is 11.5 Å². The number of aromatic nitrogens is 3. The molecular formula is C20H23N3O2S. The topological polar surface area (TPSA) is 49.2 Å². The molecule has 0 aliphatic rings. The van der Waals surface area contributed by atoms with Crippen LogP contribution in [-0.4, -0.2) is 34.2 Å². The van der Waals surface area contributed by atoms with Crippen LogP contribution < -0.4 is 9.47 Å². The molecule has 1 aromatic heterocycles. The molecule has 6 heteroatoms. The maximum Gasteiger partial charge on any atom is 0.191 e. The summed E-state index contributed by atoms with van der Waals surface area (Å²) in [5.74, 6) is 3.42. The third-order valence-corrected chi connectivity index (χ3v) is 4.89. The van der Waals surface area contributed by atoms with Gasteiger partial charge in [-0.2, -0.15) is 0 Å². The maximum atomic E-state index is 5.81. The van der Waals surface area contributed by atoms with Crippen molar-refractivity contribution >= 4 is 11.8 Å². The predicted molar refractivity (Wildman–Crippen MR) is 105 cm³/mol. The number of rotatable bonds is 8. The van der Waals surface area contributed by atoms with E-state index < -0.39 is 0 Å². The summed E-state index contributed by atoms with van der Waals surface area (Å²) in [4.78, 5) is 0. The van der Waals surface area contributed by atoms with Gasteiger partial charge in [-0.3, -0.25) is 0 Å². The molecule has 0 spiro atoms. The fourth-order valence-corrected chi connectivity index (χ4v) is 3.45. The molecule has 0 amide bonds. The normalized spacial score (nSPS) is 10.7. The van der Waals surface area contributed by atoms with Gasteiger partial charge in [-0.05, 0) is 55.8 Å². The van der Waals surface area contributed by atoms with Crippen LogP contribution in [0, 0.1) is 6.92 Å². The first kappa shape index (κ1) is 18.3. The number of nitrogens with zero attached hydrogens (tertiary/aromatic N) is 3. The van der Waals surface area contributed by atoms with Crippen LogP contribution >= 0.6 is 11.8 Å². The molecule has 0 bridgehead atoms. The quantitative estimate of drug-likeness (QED) is 0.434. The van der Waals surface area contributed by atoms with Crippen LogP contribution in [0.4, 0.5) is 0 Å². The van der Waals surface area contributed by atoms with Crippen molar-refractivity contribution in [2.24, 2.45) is 0 Å². The minimum absolute atomic E-state index is 0.628. The minimum Gasteiger partial charge on any atom is -0.497 e. The first-order chi connectivity index (χ1) is 12.7. The zero-order chi connectivity index (χ0) is 18.4. The number of benzene rings is 2. The van der Waals surface area contributed by atoms with Gasteiger partial charge in [0.25, 0.3) is 0 Å². The van der Waals surface area contributed by atoms with Gasteiger partial charge in [-0.1, -0.05) is 23.9 Å². The van der Waals surface area contributed by atoms with Crippen molar-refractivity contribution in [3.8, 4) is 22.9 Å². The Kier molecular flexibility index (Phi) is 6.17. The summed E-state index contributed by atoms with van der Waals surface area (Å²) in [5.41, 5.74) is 2.23. The van der Waals surface area contributed by atoms with E-state index in [0.29, 0.717) is 6.61 Å². The molecule has 26 heavy (non-hydrogen) atoms. The van der Waals surface area contributed by atoms with Crippen LogP contribution in [0.3, 0.4) is 0 Å². The van der Waals surface area contributed by atoms with E-state index in [-0.39, 0.29) is 0 Å². The molecule has 1 heterocycles. The highest BCUT2D eigenvalue weighted by molar-refractivity contribution is 7.99. The van der Waals surface area contributed by atoms with E-state index in [4.69, 9.17) is 9.47 Å². The Morgan fingerprint density at radius 1 is 1.04 bits per heavy atom. The Balaban J connectivity index is 1.62. The lowest BCUT2D eigenvalue weighted by Crippen LogP contribution is -2.03. The van der Waals surface area contributed by atoms with E-state index in [1.54, 1.807) is 18.9 Å². The molecule has 0 aliphatic heterocycles. The average Bonchev–Trinajstić information content (AvgIpc) is 3.08. The van der Waals surface area contributed by atoms with Gasteiger partial charge in [0.15, 0.2) is 11.0 Å². The van der Waals surface area contributed by atoms with E-state index in [9.17, 15) is 0 Å². The number of hydrogen-bond donors (Lipinski definition) is 0. The van der Waals surface area contributed by atoms with Gasteiger partial charge in [0, 0.05) is 17.9 Å². The maximum absolute atomic E-state index is 5.81. The third kappa shape index (κ3) is 4.38. The molecule has 5 nitrogen and oxygen atoms in total. The predicted octanol–water partition coefficient (Wildman–Crippen LogP) is 4.45. The van der Waals surface area contributed by atoms with E-state index in [0.717, 1.165) is 40.3 Å². The number of ether oxygens (including phenoxy) is 2. The molecule has 0 radical (unpaired) electrons. The van der Waals surface area contributed by atoms with Crippen molar-refractivity contribution in [3.05, 3.63) is 54.1 Å². The van der Waals surface area contributed by atoms with Crippen molar-refractivity contribution < 1.29 is 9.47 Å². The monoisotopic (exact) mass is 369 g/mol. The largest absolute Gasteiger partial charge is 0.497 e. The fraction of sp³-hybridized carbons (Fsp3) is 0.300. The summed E-state index contributed by atoms with van der Waals surface area (Å²) >= 11 is 1.66. The zero-order valence-corrected chi connectivity index (χ0v) is 16.1. The second-order valence-corrected chi connectivity index (χ2v) is 6.85. The molecule has 0 saturated heterocycles. The van der Waals surface area contributed by atoms with Crippen LogP contribution in [0.25, 0.3) is 11.4 Å². The van der Waals surface area contributed by atoms with Gasteiger partial charge in [-0.25, -0.2) is 0 Å². The van der Waals surface area contributed by atoms with Crippen molar-refractivity contribution in [2.75, 3.05) is 19.5 Å². The number of thioether (sulfide) groups is 1.